The highest BCUT2D eigenvalue weighted by Gasteiger charge is 2.17. The number of thioether (sulfide) groups is 1. The third-order valence-electron chi connectivity index (χ3n) is 5.65. The summed E-state index contributed by atoms with van der Waals surface area (Å²) in [4.78, 5) is 39.6. The van der Waals surface area contributed by atoms with Crippen molar-refractivity contribution >= 4 is 64.3 Å². The molecule has 4 rings (SSSR count). The van der Waals surface area contributed by atoms with Crippen molar-refractivity contribution < 1.29 is 14.4 Å². The second-order valence-corrected chi connectivity index (χ2v) is 10.4. The molecule has 0 bridgehead atoms. The molecule has 5 nitrogen and oxygen atoms in total. The third kappa shape index (κ3) is 7.83. The van der Waals surface area contributed by atoms with Gasteiger partial charge in [0.05, 0.1) is 5.75 Å². The number of anilines is 1. The highest BCUT2D eigenvalue weighted by atomic mass is 35.5. The van der Waals surface area contributed by atoms with E-state index in [9.17, 15) is 14.4 Å². The molecule has 0 aromatic heterocycles. The molecule has 4 aromatic carbocycles. The second kappa shape index (κ2) is 13.3. The van der Waals surface area contributed by atoms with Crippen LogP contribution in [0.5, 0.6) is 0 Å². The zero-order valence-corrected chi connectivity index (χ0v) is 23.2. The number of nitrogens with one attached hydrogen (secondary N) is 2. The van der Waals surface area contributed by atoms with Crippen LogP contribution in [0.3, 0.4) is 0 Å². The van der Waals surface area contributed by atoms with Gasteiger partial charge in [-0.25, -0.2) is 0 Å². The first-order valence-corrected chi connectivity index (χ1v) is 13.7. The number of aryl methyl sites for hydroxylation is 1. The standard InChI is InChI=1S/C31H24Cl2N2O3S/c1-20-13-15-21(16-14-20)29(36)19-39-24-10-5-9-23(17-24)34-31(38)28(18-25-26(32)11-6-12-27(25)33)35-30(37)22-7-3-2-4-8-22/h2-18H,19H2,1H3,(H,34,38)(H,35,37)/b28-18-. The number of hydrogen-bond donors (Lipinski definition) is 2. The SMILES string of the molecule is Cc1ccc(C(=O)CSc2cccc(NC(=O)/C(=C/c3c(Cl)cccc3Cl)NC(=O)c3ccccc3)c2)cc1. The molecule has 0 saturated carbocycles. The zero-order chi connectivity index (χ0) is 27.8. The summed E-state index contributed by atoms with van der Waals surface area (Å²) in [6.07, 6.45) is 1.44. The van der Waals surface area contributed by atoms with Gasteiger partial charge in [-0.1, -0.05) is 83.4 Å². The van der Waals surface area contributed by atoms with Crippen LogP contribution in [0.25, 0.3) is 6.08 Å². The molecule has 0 aliphatic carbocycles. The Bertz CT molecular complexity index is 1520. The molecule has 2 N–H and O–H groups in total. The lowest BCUT2D eigenvalue weighted by atomic mass is 10.1. The van der Waals surface area contributed by atoms with Gasteiger partial charge in [0.25, 0.3) is 11.8 Å². The summed E-state index contributed by atoms with van der Waals surface area (Å²) >= 11 is 14.0. The summed E-state index contributed by atoms with van der Waals surface area (Å²) in [5.74, 6) is -0.754. The quantitative estimate of drug-likeness (QED) is 0.122. The summed E-state index contributed by atoms with van der Waals surface area (Å²) in [6.45, 7) is 1.97. The molecule has 4 aromatic rings. The maximum absolute atomic E-state index is 13.4. The lowest BCUT2D eigenvalue weighted by molar-refractivity contribution is -0.113. The van der Waals surface area contributed by atoms with E-state index in [0.717, 1.165) is 10.5 Å². The lowest BCUT2D eigenvalue weighted by Gasteiger charge is -2.13. The highest BCUT2D eigenvalue weighted by Crippen LogP contribution is 2.27. The number of carbonyl (C=O) groups is 3. The first-order chi connectivity index (χ1) is 18.8. The second-order valence-electron chi connectivity index (χ2n) is 8.57. The van der Waals surface area contributed by atoms with Gasteiger partial charge in [0, 0.05) is 37.3 Å². The fourth-order valence-corrected chi connectivity index (χ4v) is 4.93. The van der Waals surface area contributed by atoms with Crippen molar-refractivity contribution in [1.82, 2.24) is 5.32 Å². The highest BCUT2D eigenvalue weighted by molar-refractivity contribution is 8.00. The van der Waals surface area contributed by atoms with Crippen LogP contribution in [-0.4, -0.2) is 23.4 Å². The van der Waals surface area contributed by atoms with Crippen LogP contribution in [0.4, 0.5) is 5.69 Å². The predicted octanol–water partition coefficient (Wildman–Crippen LogP) is 7.69. The van der Waals surface area contributed by atoms with Gasteiger partial charge in [-0.3, -0.25) is 14.4 Å². The normalized spacial score (nSPS) is 11.1. The maximum Gasteiger partial charge on any atom is 0.272 e. The number of benzene rings is 4. The van der Waals surface area contributed by atoms with Crippen LogP contribution < -0.4 is 10.6 Å². The van der Waals surface area contributed by atoms with Crippen LogP contribution in [0.15, 0.2) is 108 Å². The monoisotopic (exact) mass is 574 g/mol. The van der Waals surface area contributed by atoms with E-state index in [1.807, 2.05) is 37.3 Å². The predicted molar refractivity (Wildman–Crippen MR) is 160 cm³/mol. The Kier molecular flexibility index (Phi) is 9.60. The molecular weight excluding hydrogens is 551 g/mol. The smallest absolute Gasteiger partial charge is 0.272 e. The fraction of sp³-hybridized carbons (Fsp3) is 0.0645. The molecule has 0 aliphatic heterocycles. The van der Waals surface area contributed by atoms with E-state index in [1.54, 1.807) is 66.7 Å². The Morgan fingerprint density at radius 2 is 1.46 bits per heavy atom. The van der Waals surface area contributed by atoms with Gasteiger partial charge < -0.3 is 10.6 Å². The number of carbonyl (C=O) groups excluding carboxylic acids is 3. The number of amides is 2. The number of rotatable bonds is 9. The number of ketones is 1. The average molecular weight is 576 g/mol. The molecule has 0 aliphatic rings. The molecule has 2 amide bonds. The Morgan fingerprint density at radius 1 is 0.795 bits per heavy atom. The number of hydrogen-bond acceptors (Lipinski definition) is 4. The van der Waals surface area contributed by atoms with Crippen LogP contribution in [0.1, 0.15) is 31.8 Å². The molecular formula is C31H24Cl2N2O3S. The summed E-state index contributed by atoms with van der Waals surface area (Å²) in [5, 5.41) is 6.16. The van der Waals surface area contributed by atoms with Gasteiger partial charge in [-0.2, -0.15) is 0 Å². The molecule has 0 saturated heterocycles. The van der Waals surface area contributed by atoms with Gasteiger partial charge in [0.1, 0.15) is 5.70 Å². The largest absolute Gasteiger partial charge is 0.321 e. The van der Waals surface area contributed by atoms with E-state index in [2.05, 4.69) is 10.6 Å². The maximum atomic E-state index is 13.4. The lowest BCUT2D eigenvalue weighted by Crippen LogP contribution is -2.30. The van der Waals surface area contributed by atoms with Gasteiger partial charge >= 0.3 is 0 Å². The minimum atomic E-state index is -0.562. The molecule has 8 heteroatoms. The Morgan fingerprint density at radius 3 is 2.15 bits per heavy atom. The average Bonchev–Trinajstić information content (AvgIpc) is 2.94. The van der Waals surface area contributed by atoms with E-state index < -0.39 is 11.8 Å². The zero-order valence-electron chi connectivity index (χ0n) is 20.9. The molecule has 0 radical (unpaired) electrons. The van der Waals surface area contributed by atoms with Crippen LogP contribution >= 0.6 is 35.0 Å². The van der Waals surface area contributed by atoms with Crippen molar-refractivity contribution in [2.24, 2.45) is 0 Å². The summed E-state index contributed by atoms with van der Waals surface area (Å²) < 4.78 is 0. The summed E-state index contributed by atoms with van der Waals surface area (Å²) in [5.41, 5.74) is 2.99. The Labute approximate surface area is 241 Å². The van der Waals surface area contributed by atoms with Gasteiger partial charge in [0.2, 0.25) is 0 Å². The third-order valence-corrected chi connectivity index (χ3v) is 7.31. The summed E-state index contributed by atoms with van der Waals surface area (Å²) in [7, 11) is 0. The van der Waals surface area contributed by atoms with Crippen molar-refractivity contribution in [3.05, 3.63) is 135 Å². The molecule has 0 fully saturated rings. The van der Waals surface area contributed by atoms with Crippen molar-refractivity contribution in [3.8, 4) is 0 Å². The molecule has 0 heterocycles. The molecule has 0 unspecified atom stereocenters. The van der Waals surface area contributed by atoms with Crippen LogP contribution in [0, 0.1) is 6.92 Å². The van der Waals surface area contributed by atoms with Crippen molar-refractivity contribution in [1.29, 1.82) is 0 Å². The van der Waals surface area contributed by atoms with E-state index in [1.165, 1.54) is 17.8 Å². The molecule has 39 heavy (non-hydrogen) atoms. The van der Waals surface area contributed by atoms with E-state index in [0.29, 0.717) is 32.4 Å². The van der Waals surface area contributed by atoms with Gasteiger partial charge in [-0.15, -0.1) is 11.8 Å². The number of halogens is 2. The Balaban J connectivity index is 1.52. The summed E-state index contributed by atoms with van der Waals surface area (Å²) in [6, 6.07) is 28.1. The van der Waals surface area contributed by atoms with Crippen molar-refractivity contribution in [2.45, 2.75) is 11.8 Å². The van der Waals surface area contributed by atoms with Crippen LogP contribution in [0.2, 0.25) is 10.0 Å². The molecule has 0 spiro atoms. The van der Waals surface area contributed by atoms with Gasteiger partial charge in [-0.05, 0) is 55.5 Å². The van der Waals surface area contributed by atoms with Crippen molar-refractivity contribution in [3.63, 3.8) is 0 Å². The van der Waals surface area contributed by atoms with Crippen molar-refractivity contribution in [2.75, 3.05) is 11.1 Å². The minimum Gasteiger partial charge on any atom is -0.321 e. The Hall–Kier alpha value is -3.84. The van der Waals surface area contributed by atoms with E-state index in [-0.39, 0.29) is 17.2 Å². The molecule has 196 valence electrons. The minimum absolute atomic E-state index is 0.0138. The first-order valence-electron chi connectivity index (χ1n) is 12.0. The fourth-order valence-electron chi connectivity index (χ4n) is 3.57. The molecule has 0 atom stereocenters. The van der Waals surface area contributed by atoms with Gasteiger partial charge in [0.15, 0.2) is 5.78 Å². The topological polar surface area (TPSA) is 75.3 Å². The van der Waals surface area contributed by atoms with Crippen LogP contribution in [-0.2, 0) is 4.79 Å². The number of Topliss-reactive ketones (excluding diaryl/α,β-unsaturated/α-hetero) is 1. The van der Waals surface area contributed by atoms with E-state index in [4.69, 9.17) is 23.2 Å². The van der Waals surface area contributed by atoms with E-state index >= 15 is 0 Å². The first kappa shape index (κ1) is 28.2.